The highest BCUT2D eigenvalue weighted by Gasteiger charge is 2.66. The monoisotopic (exact) mass is 384 g/mol. The molecule has 2 aliphatic heterocycles. The molecule has 2 saturated heterocycles. The minimum Gasteiger partial charge on any atom is -0.497 e. The Morgan fingerprint density at radius 2 is 2.18 bits per heavy atom. The molecule has 3 fully saturated rings. The maximum absolute atomic E-state index is 12.6. The number of piperidine rings is 1. The van der Waals surface area contributed by atoms with Crippen molar-refractivity contribution in [2.45, 2.75) is 68.4 Å². The van der Waals surface area contributed by atoms with E-state index in [0.717, 1.165) is 56.9 Å². The van der Waals surface area contributed by atoms with Crippen LogP contribution in [0.4, 0.5) is 0 Å². The molecule has 5 nitrogen and oxygen atoms in total. The second-order valence-corrected chi connectivity index (χ2v) is 9.27. The van der Waals surface area contributed by atoms with Crippen LogP contribution in [0.25, 0.3) is 0 Å². The number of rotatable bonds is 5. The van der Waals surface area contributed by atoms with E-state index in [-0.39, 0.29) is 17.4 Å². The summed E-state index contributed by atoms with van der Waals surface area (Å²) < 4.78 is 12.0. The molecule has 1 aromatic rings. The standard InChI is InChI=1S/C23H32N2O3/c1-27-18-7-6-17-13-20-23(8-2-3-21(26)28-23)22(9-11-24,19(17)14-18)10-12-25(20)15-16-4-5-16/h6-7,14,16,20H,2-5,8-13,15,24H2,1H3/t20-,22+,23-/m1/s1. The Hall–Kier alpha value is -1.59. The molecule has 1 saturated carbocycles. The normalized spacial score (nSPS) is 34.8. The lowest BCUT2D eigenvalue weighted by Gasteiger charge is -2.64. The zero-order valence-corrected chi connectivity index (χ0v) is 16.9. The van der Waals surface area contributed by atoms with Gasteiger partial charge in [0.15, 0.2) is 0 Å². The maximum Gasteiger partial charge on any atom is 0.306 e. The SMILES string of the molecule is COc1ccc2c(c1)[C@]1(CCN)CCN(CC3CC3)[C@H](C2)[C@]12CCCC(=O)O2. The smallest absolute Gasteiger partial charge is 0.306 e. The number of methoxy groups -OCH3 is 1. The number of benzene rings is 1. The van der Waals surface area contributed by atoms with E-state index in [1.807, 2.05) is 0 Å². The zero-order chi connectivity index (χ0) is 19.4. The van der Waals surface area contributed by atoms with Crippen LogP contribution in [0.5, 0.6) is 5.75 Å². The predicted octanol–water partition coefficient (Wildman–Crippen LogP) is 2.79. The highest BCUT2D eigenvalue weighted by molar-refractivity contribution is 5.71. The van der Waals surface area contributed by atoms with Crippen LogP contribution in [0, 0.1) is 5.92 Å². The number of ether oxygens (including phenoxy) is 2. The van der Waals surface area contributed by atoms with Gasteiger partial charge in [-0.05, 0) is 87.2 Å². The Morgan fingerprint density at radius 1 is 1.32 bits per heavy atom. The van der Waals surface area contributed by atoms with Crippen molar-refractivity contribution in [1.82, 2.24) is 4.90 Å². The second-order valence-electron chi connectivity index (χ2n) is 9.27. The third-order valence-electron chi connectivity index (χ3n) is 7.85. The molecule has 1 aromatic carbocycles. The van der Waals surface area contributed by atoms with Crippen molar-refractivity contribution < 1.29 is 14.3 Å². The highest BCUT2D eigenvalue weighted by atomic mass is 16.6. The van der Waals surface area contributed by atoms with Gasteiger partial charge in [0, 0.05) is 18.4 Å². The molecule has 0 unspecified atom stereocenters. The van der Waals surface area contributed by atoms with E-state index in [0.29, 0.717) is 13.0 Å². The van der Waals surface area contributed by atoms with Crippen molar-refractivity contribution in [2.24, 2.45) is 11.7 Å². The molecule has 0 amide bonds. The van der Waals surface area contributed by atoms with Gasteiger partial charge >= 0.3 is 5.97 Å². The average molecular weight is 385 g/mol. The number of nitrogens with zero attached hydrogens (tertiary/aromatic N) is 1. The van der Waals surface area contributed by atoms with Crippen LogP contribution >= 0.6 is 0 Å². The minimum absolute atomic E-state index is 0.0303. The molecule has 5 rings (SSSR count). The van der Waals surface area contributed by atoms with Crippen molar-refractivity contribution in [1.29, 1.82) is 0 Å². The molecule has 0 aromatic heterocycles. The van der Waals surface area contributed by atoms with Gasteiger partial charge in [-0.15, -0.1) is 0 Å². The number of fused-ring (bicyclic) bond motifs is 2. The van der Waals surface area contributed by atoms with Gasteiger partial charge in [-0.1, -0.05) is 6.07 Å². The van der Waals surface area contributed by atoms with E-state index in [1.165, 1.54) is 24.0 Å². The molecule has 2 heterocycles. The molecule has 28 heavy (non-hydrogen) atoms. The molecule has 1 spiro atoms. The van der Waals surface area contributed by atoms with E-state index in [2.05, 4.69) is 23.1 Å². The average Bonchev–Trinajstić information content (AvgIpc) is 3.50. The van der Waals surface area contributed by atoms with E-state index in [9.17, 15) is 4.79 Å². The van der Waals surface area contributed by atoms with E-state index in [1.54, 1.807) is 7.11 Å². The number of hydrogen-bond donors (Lipinski definition) is 1. The lowest BCUT2D eigenvalue weighted by Crippen LogP contribution is -2.74. The summed E-state index contributed by atoms with van der Waals surface area (Å²) in [6.07, 6.45) is 7.90. The van der Waals surface area contributed by atoms with Crippen LogP contribution in [-0.2, 0) is 21.4 Å². The molecule has 2 aliphatic carbocycles. The highest BCUT2D eigenvalue weighted by Crippen LogP contribution is 2.58. The molecule has 3 atom stereocenters. The number of carbonyl (C=O) groups excluding carboxylic acids is 1. The summed E-state index contributed by atoms with van der Waals surface area (Å²) in [6.45, 7) is 2.82. The zero-order valence-electron chi connectivity index (χ0n) is 16.9. The lowest BCUT2D eigenvalue weighted by molar-refractivity contribution is -0.210. The van der Waals surface area contributed by atoms with E-state index >= 15 is 0 Å². The topological polar surface area (TPSA) is 64.8 Å². The quantitative estimate of drug-likeness (QED) is 0.791. The van der Waals surface area contributed by atoms with Crippen molar-refractivity contribution in [3.8, 4) is 5.75 Å². The van der Waals surface area contributed by atoms with Gasteiger partial charge in [0.05, 0.1) is 13.2 Å². The van der Waals surface area contributed by atoms with Gasteiger partial charge in [0.1, 0.15) is 11.4 Å². The Labute approximate surface area is 167 Å². The van der Waals surface area contributed by atoms with Gasteiger partial charge in [-0.3, -0.25) is 9.69 Å². The van der Waals surface area contributed by atoms with E-state index in [4.69, 9.17) is 15.2 Å². The number of carbonyl (C=O) groups is 1. The van der Waals surface area contributed by atoms with Crippen molar-refractivity contribution >= 4 is 5.97 Å². The van der Waals surface area contributed by atoms with Crippen molar-refractivity contribution in [3.05, 3.63) is 29.3 Å². The Bertz CT molecular complexity index is 777. The fraction of sp³-hybridized carbons (Fsp3) is 0.696. The third-order valence-corrected chi connectivity index (χ3v) is 7.85. The Morgan fingerprint density at radius 3 is 2.89 bits per heavy atom. The van der Waals surface area contributed by atoms with Crippen LogP contribution in [0.1, 0.15) is 56.1 Å². The van der Waals surface area contributed by atoms with Crippen LogP contribution in [0.3, 0.4) is 0 Å². The summed E-state index contributed by atoms with van der Waals surface area (Å²) in [6, 6.07) is 6.76. The van der Waals surface area contributed by atoms with Crippen molar-refractivity contribution in [3.63, 3.8) is 0 Å². The maximum atomic E-state index is 12.6. The number of nitrogens with two attached hydrogens (primary N) is 1. The lowest BCUT2D eigenvalue weighted by atomic mass is 9.51. The molecule has 152 valence electrons. The second kappa shape index (κ2) is 6.74. The van der Waals surface area contributed by atoms with Gasteiger partial charge in [-0.2, -0.15) is 0 Å². The van der Waals surface area contributed by atoms with Crippen LogP contribution in [0.15, 0.2) is 18.2 Å². The van der Waals surface area contributed by atoms with Crippen LogP contribution in [0.2, 0.25) is 0 Å². The van der Waals surface area contributed by atoms with Crippen LogP contribution in [-0.4, -0.2) is 49.3 Å². The fourth-order valence-corrected chi connectivity index (χ4v) is 6.43. The molecular formula is C23H32N2O3. The molecule has 5 heteroatoms. The fourth-order valence-electron chi connectivity index (χ4n) is 6.43. The van der Waals surface area contributed by atoms with Crippen LogP contribution < -0.4 is 10.5 Å². The molecule has 2 bridgehead atoms. The molecule has 2 N–H and O–H groups in total. The first-order valence-electron chi connectivity index (χ1n) is 11.0. The first-order valence-corrected chi connectivity index (χ1v) is 11.0. The predicted molar refractivity (Wildman–Crippen MR) is 107 cm³/mol. The molecular weight excluding hydrogens is 352 g/mol. The first kappa shape index (κ1) is 18.4. The summed E-state index contributed by atoms with van der Waals surface area (Å²) in [5.41, 5.74) is 8.22. The van der Waals surface area contributed by atoms with E-state index < -0.39 is 5.60 Å². The largest absolute Gasteiger partial charge is 0.497 e. The van der Waals surface area contributed by atoms with Crippen molar-refractivity contribution in [2.75, 3.05) is 26.7 Å². The van der Waals surface area contributed by atoms with Gasteiger partial charge in [-0.25, -0.2) is 0 Å². The first-order chi connectivity index (χ1) is 13.6. The number of hydrogen-bond acceptors (Lipinski definition) is 5. The number of esters is 1. The third kappa shape index (κ3) is 2.62. The summed E-state index contributed by atoms with van der Waals surface area (Å²) in [5, 5.41) is 0. The minimum atomic E-state index is -0.450. The Balaban J connectivity index is 1.67. The van der Waals surface area contributed by atoms with Gasteiger partial charge in [0.25, 0.3) is 0 Å². The number of likely N-dealkylation sites (tertiary alicyclic amines) is 1. The van der Waals surface area contributed by atoms with Gasteiger partial charge < -0.3 is 15.2 Å². The molecule has 4 aliphatic rings. The summed E-state index contributed by atoms with van der Waals surface area (Å²) in [5.74, 6) is 1.68. The van der Waals surface area contributed by atoms with Gasteiger partial charge in [0.2, 0.25) is 0 Å². The summed E-state index contributed by atoms with van der Waals surface area (Å²) in [7, 11) is 1.72. The summed E-state index contributed by atoms with van der Waals surface area (Å²) >= 11 is 0. The molecule has 0 radical (unpaired) electrons. The Kier molecular flexibility index (Phi) is 4.44. The summed E-state index contributed by atoms with van der Waals surface area (Å²) in [4.78, 5) is 15.2.